The van der Waals surface area contributed by atoms with Gasteiger partial charge in [-0.05, 0) is 34.0 Å². The number of halogens is 2. The molecule has 0 spiro atoms. The van der Waals surface area contributed by atoms with Crippen LogP contribution in [0.1, 0.15) is 12.5 Å². The third-order valence-electron chi connectivity index (χ3n) is 2.28. The van der Waals surface area contributed by atoms with Gasteiger partial charge in [0.2, 0.25) is 0 Å². The van der Waals surface area contributed by atoms with Crippen molar-refractivity contribution >= 4 is 21.9 Å². The Morgan fingerprint density at radius 1 is 1.62 bits per heavy atom. The Morgan fingerprint density at radius 2 is 2.25 bits per heavy atom. The first-order chi connectivity index (χ1) is 7.47. The molecule has 1 atom stereocenters. The second kappa shape index (κ2) is 5.30. The lowest BCUT2D eigenvalue weighted by molar-refractivity contribution is -0.141. The van der Waals surface area contributed by atoms with Crippen LogP contribution in [0.5, 0.6) is 5.75 Å². The molecule has 0 bridgehead atoms. The largest absolute Gasteiger partial charge is 0.495 e. The van der Waals surface area contributed by atoms with E-state index in [1.807, 2.05) is 0 Å². The number of methoxy groups -OCH3 is 1. The van der Waals surface area contributed by atoms with E-state index in [0.717, 1.165) is 0 Å². The minimum absolute atomic E-state index is 0.227. The molecule has 0 aliphatic carbocycles. The van der Waals surface area contributed by atoms with Crippen molar-refractivity contribution in [1.29, 1.82) is 0 Å². The van der Waals surface area contributed by atoms with Crippen molar-refractivity contribution in [2.45, 2.75) is 13.3 Å². The molecule has 16 heavy (non-hydrogen) atoms. The first kappa shape index (κ1) is 13.0. The Bertz CT molecular complexity index is 406. The van der Waals surface area contributed by atoms with Gasteiger partial charge in [0.1, 0.15) is 11.6 Å². The first-order valence-electron chi connectivity index (χ1n) is 4.71. The number of carbonyl (C=O) groups is 1. The van der Waals surface area contributed by atoms with E-state index in [-0.39, 0.29) is 4.47 Å². The van der Waals surface area contributed by atoms with E-state index in [0.29, 0.717) is 17.7 Å². The van der Waals surface area contributed by atoms with Gasteiger partial charge in [0.15, 0.2) is 0 Å². The van der Waals surface area contributed by atoms with Gasteiger partial charge in [-0.2, -0.15) is 0 Å². The average Bonchev–Trinajstić information content (AvgIpc) is 2.23. The molecule has 1 N–H and O–H groups in total. The van der Waals surface area contributed by atoms with Crippen molar-refractivity contribution in [2.75, 3.05) is 7.11 Å². The Morgan fingerprint density at radius 3 is 2.75 bits per heavy atom. The van der Waals surface area contributed by atoms with Gasteiger partial charge in [-0.3, -0.25) is 4.79 Å². The summed E-state index contributed by atoms with van der Waals surface area (Å²) in [7, 11) is 1.43. The van der Waals surface area contributed by atoms with E-state index >= 15 is 0 Å². The van der Waals surface area contributed by atoms with Gasteiger partial charge in [-0.25, -0.2) is 4.39 Å². The molecule has 0 aliphatic rings. The van der Waals surface area contributed by atoms with Crippen LogP contribution in [0.3, 0.4) is 0 Å². The van der Waals surface area contributed by atoms with Crippen LogP contribution in [0.4, 0.5) is 4.39 Å². The molecule has 1 aromatic rings. The Labute approximate surface area is 101 Å². The van der Waals surface area contributed by atoms with E-state index in [2.05, 4.69) is 15.9 Å². The molecule has 0 fully saturated rings. The van der Waals surface area contributed by atoms with Crippen LogP contribution in [0, 0.1) is 11.7 Å². The molecule has 0 radical (unpaired) electrons. The molecule has 0 aliphatic heterocycles. The second-order valence-corrected chi connectivity index (χ2v) is 4.29. The maximum absolute atomic E-state index is 13.2. The number of rotatable bonds is 4. The van der Waals surface area contributed by atoms with Crippen molar-refractivity contribution in [2.24, 2.45) is 5.92 Å². The fraction of sp³-hybridized carbons (Fsp3) is 0.364. The third-order valence-corrected chi connectivity index (χ3v) is 3.02. The van der Waals surface area contributed by atoms with E-state index in [1.165, 1.54) is 13.2 Å². The normalized spacial score (nSPS) is 12.2. The first-order valence-corrected chi connectivity index (χ1v) is 5.50. The summed E-state index contributed by atoms with van der Waals surface area (Å²) in [6.45, 7) is 1.60. The van der Waals surface area contributed by atoms with Crippen LogP contribution in [-0.4, -0.2) is 18.2 Å². The summed E-state index contributed by atoms with van der Waals surface area (Å²) in [5, 5.41) is 8.80. The van der Waals surface area contributed by atoms with E-state index < -0.39 is 17.7 Å². The molecule has 0 amide bonds. The maximum Gasteiger partial charge on any atom is 0.306 e. The monoisotopic (exact) mass is 290 g/mol. The maximum atomic E-state index is 13.2. The lowest BCUT2D eigenvalue weighted by Crippen LogP contribution is -2.13. The lowest BCUT2D eigenvalue weighted by atomic mass is 10.0. The molecule has 1 aromatic carbocycles. The highest BCUT2D eigenvalue weighted by atomic mass is 79.9. The number of benzene rings is 1. The topological polar surface area (TPSA) is 46.5 Å². The van der Waals surface area contributed by atoms with Gasteiger partial charge in [0.05, 0.1) is 17.5 Å². The number of aliphatic carboxylic acids is 1. The highest BCUT2D eigenvalue weighted by Crippen LogP contribution is 2.32. The summed E-state index contributed by atoms with van der Waals surface area (Å²) in [5.41, 5.74) is 0.672. The number of carboxylic acids is 1. The Kier molecular flexibility index (Phi) is 4.29. The zero-order valence-corrected chi connectivity index (χ0v) is 10.5. The molecular formula is C11H12BrFO3. The molecule has 0 aromatic heterocycles. The summed E-state index contributed by atoms with van der Waals surface area (Å²) in [4.78, 5) is 10.7. The van der Waals surface area contributed by atoms with Crippen molar-refractivity contribution in [3.05, 3.63) is 28.0 Å². The minimum Gasteiger partial charge on any atom is -0.495 e. The fourth-order valence-corrected chi connectivity index (χ4v) is 1.92. The fourth-order valence-electron chi connectivity index (χ4n) is 1.37. The summed E-state index contributed by atoms with van der Waals surface area (Å²) >= 11 is 3.07. The van der Waals surface area contributed by atoms with E-state index in [4.69, 9.17) is 9.84 Å². The molecule has 0 heterocycles. The second-order valence-electron chi connectivity index (χ2n) is 3.50. The SMILES string of the molecule is COc1c(CC(C)C(=O)O)ccc(F)c1Br. The van der Waals surface area contributed by atoms with Gasteiger partial charge in [0.25, 0.3) is 0 Å². The predicted molar refractivity (Wildman–Crippen MR) is 61.2 cm³/mol. The van der Waals surface area contributed by atoms with Gasteiger partial charge in [-0.1, -0.05) is 13.0 Å². The number of hydrogen-bond donors (Lipinski definition) is 1. The number of carboxylic acid groups (broad SMARTS) is 1. The van der Waals surface area contributed by atoms with Crippen LogP contribution in [0.25, 0.3) is 0 Å². The van der Waals surface area contributed by atoms with Crippen molar-refractivity contribution in [3.8, 4) is 5.75 Å². The van der Waals surface area contributed by atoms with Crippen molar-refractivity contribution < 1.29 is 19.0 Å². The highest BCUT2D eigenvalue weighted by molar-refractivity contribution is 9.10. The lowest BCUT2D eigenvalue weighted by Gasteiger charge is -2.12. The van der Waals surface area contributed by atoms with Crippen LogP contribution < -0.4 is 4.74 Å². The van der Waals surface area contributed by atoms with Gasteiger partial charge in [-0.15, -0.1) is 0 Å². The molecule has 5 heteroatoms. The Balaban J connectivity index is 3.05. The van der Waals surface area contributed by atoms with Crippen LogP contribution in [-0.2, 0) is 11.2 Å². The molecule has 0 saturated carbocycles. The number of ether oxygens (including phenoxy) is 1. The summed E-state index contributed by atoms with van der Waals surface area (Å²) in [5.74, 6) is -1.49. The molecule has 0 saturated heterocycles. The average molecular weight is 291 g/mol. The van der Waals surface area contributed by atoms with E-state index in [1.54, 1.807) is 13.0 Å². The van der Waals surface area contributed by atoms with Crippen LogP contribution >= 0.6 is 15.9 Å². The predicted octanol–water partition coefficient (Wildman–Crippen LogP) is 2.86. The smallest absolute Gasteiger partial charge is 0.306 e. The summed E-state index contributed by atoms with van der Waals surface area (Å²) < 4.78 is 18.5. The quantitative estimate of drug-likeness (QED) is 0.927. The van der Waals surface area contributed by atoms with Crippen LogP contribution in [0.15, 0.2) is 16.6 Å². The summed E-state index contributed by atoms with van der Waals surface area (Å²) in [6.07, 6.45) is 0.303. The molecule has 3 nitrogen and oxygen atoms in total. The van der Waals surface area contributed by atoms with Gasteiger partial charge in [0, 0.05) is 0 Å². The standard InChI is InChI=1S/C11H12BrFO3/c1-6(11(14)15)5-7-3-4-8(13)9(12)10(7)16-2/h3-4,6H,5H2,1-2H3,(H,14,15). The molecule has 88 valence electrons. The highest BCUT2D eigenvalue weighted by Gasteiger charge is 2.17. The van der Waals surface area contributed by atoms with Crippen molar-refractivity contribution in [1.82, 2.24) is 0 Å². The zero-order chi connectivity index (χ0) is 12.3. The van der Waals surface area contributed by atoms with Crippen LogP contribution in [0.2, 0.25) is 0 Å². The minimum atomic E-state index is -0.887. The molecule has 1 rings (SSSR count). The van der Waals surface area contributed by atoms with Crippen molar-refractivity contribution in [3.63, 3.8) is 0 Å². The third kappa shape index (κ3) is 2.72. The van der Waals surface area contributed by atoms with E-state index in [9.17, 15) is 9.18 Å². The molecule has 1 unspecified atom stereocenters. The Hall–Kier alpha value is -1.10. The van der Waals surface area contributed by atoms with Gasteiger partial charge < -0.3 is 9.84 Å². The van der Waals surface area contributed by atoms with Gasteiger partial charge >= 0.3 is 5.97 Å². The summed E-state index contributed by atoms with van der Waals surface area (Å²) in [6, 6.07) is 2.83. The molecular weight excluding hydrogens is 279 g/mol. The number of hydrogen-bond acceptors (Lipinski definition) is 2. The zero-order valence-electron chi connectivity index (χ0n) is 8.96.